The summed E-state index contributed by atoms with van der Waals surface area (Å²) in [5.41, 5.74) is 2.15. The zero-order valence-corrected chi connectivity index (χ0v) is 12.8. The first kappa shape index (κ1) is 15.9. The molecule has 4 nitrogen and oxygen atoms in total. The summed E-state index contributed by atoms with van der Waals surface area (Å²) in [6.45, 7) is 2.05. The molecule has 2 aromatic carbocycles. The molecule has 0 aromatic heterocycles. The molecule has 1 N–H and O–H groups in total. The van der Waals surface area contributed by atoms with Crippen LogP contribution in [0.1, 0.15) is 18.1 Å². The molecular formula is C18H20O4. The van der Waals surface area contributed by atoms with E-state index in [9.17, 15) is 9.90 Å². The van der Waals surface area contributed by atoms with Gasteiger partial charge in [-0.3, -0.25) is 0 Å². The van der Waals surface area contributed by atoms with E-state index < -0.39 is 12.1 Å². The molecule has 2 rings (SSSR count). The number of rotatable bonds is 7. The number of carboxylic acid groups (broad SMARTS) is 1. The third-order valence-electron chi connectivity index (χ3n) is 3.52. The van der Waals surface area contributed by atoms with Gasteiger partial charge < -0.3 is 14.6 Å². The number of aryl methyl sites for hydroxylation is 1. The van der Waals surface area contributed by atoms with Gasteiger partial charge in [0.25, 0.3) is 0 Å². The average molecular weight is 300 g/mol. The molecule has 2 aromatic rings. The van der Waals surface area contributed by atoms with Crippen LogP contribution in [0.5, 0.6) is 11.5 Å². The number of ether oxygens (including phenoxy) is 2. The fourth-order valence-corrected chi connectivity index (χ4v) is 2.30. The van der Waals surface area contributed by atoms with E-state index in [1.165, 1.54) is 0 Å². The molecule has 116 valence electrons. The van der Waals surface area contributed by atoms with Crippen LogP contribution in [0.3, 0.4) is 0 Å². The van der Waals surface area contributed by atoms with Crippen LogP contribution in [0, 0.1) is 0 Å². The van der Waals surface area contributed by atoms with E-state index >= 15 is 0 Å². The molecule has 4 heteroatoms. The maximum atomic E-state index is 11.5. The van der Waals surface area contributed by atoms with Crippen molar-refractivity contribution in [1.82, 2.24) is 0 Å². The lowest BCUT2D eigenvalue weighted by Crippen LogP contribution is -2.29. The second kappa shape index (κ2) is 7.50. The topological polar surface area (TPSA) is 55.8 Å². The van der Waals surface area contributed by atoms with Crippen molar-refractivity contribution in [2.24, 2.45) is 0 Å². The lowest BCUT2D eigenvalue weighted by atomic mass is 10.00. The first-order chi connectivity index (χ1) is 10.6. The second-order valence-corrected chi connectivity index (χ2v) is 4.95. The Morgan fingerprint density at radius 1 is 1.05 bits per heavy atom. The molecule has 0 aliphatic heterocycles. The maximum Gasteiger partial charge on any atom is 0.345 e. The van der Waals surface area contributed by atoms with Crippen molar-refractivity contribution in [3.05, 3.63) is 59.7 Å². The highest BCUT2D eigenvalue weighted by molar-refractivity contribution is 5.73. The highest BCUT2D eigenvalue weighted by Gasteiger charge is 2.21. The largest absolute Gasteiger partial charge is 0.497 e. The van der Waals surface area contributed by atoms with Crippen molar-refractivity contribution in [2.75, 3.05) is 7.11 Å². The van der Waals surface area contributed by atoms with Crippen LogP contribution in [0.25, 0.3) is 0 Å². The number of carbonyl (C=O) groups is 1. The van der Waals surface area contributed by atoms with Gasteiger partial charge in [0.2, 0.25) is 0 Å². The Balaban J connectivity index is 2.14. The van der Waals surface area contributed by atoms with Crippen molar-refractivity contribution < 1.29 is 19.4 Å². The number of methoxy groups -OCH3 is 1. The molecule has 0 aliphatic rings. The molecule has 0 unspecified atom stereocenters. The van der Waals surface area contributed by atoms with Gasteiger partial charge in [0, 0.05) is 6.42 Å². The Labute approximate surface area is 130 Å². The zero-order valence-electron chi connectivity index (χ0n) is 12.8. The van der Waals surface area contributed by atoms with Gasteiger partial charge >= 0.3 is 5.97 Å². The Morgan fingerprint density at radius 3 is 2.18 bits per heavy atom. The summed E-state index contributed by atoms with van der Waals surface area (Å²) < 4.78 is 10.7. The van der Waals surface area contributed by atoms with Gasteiger partial charge in [-0.25, -0.2) is 4.79 Å². The van der Waals surface area contributed by atoms with E-state index in [2.05, 4.69) is 6.92 Å². The first-order valence-corrected chi connectivity index (χ1v) is 7.24. The highest BCUT2D eigenvalue weighted by atomic mass is 16.5. The van der Waals surface area contributed by atoms with Crippen LogP contribution >= 0.6 is 0 Å². The number of carboxylic acids is 1. The van der Waals surface area contributed by atoms with Crippen molar-refractivity contribution in [3.63, 3.8) is 0 Å². The fraction of sp³-hybridized carbons (Fsp3) is 0.278. The molecule has 0 spiro atoms. The molecule has 0 bridgehead atoms. The molecule has 0 radical (unpaired) electrons. The highest BCUT2D eigenvalue weighted by Crippen LogP contribution is 2.20. The van der Waals surface area contributed by atoms with Crippen molar-refractivity contribution in [2.45, 2.75) is 25.9 Å². The molecule has 0 fully saturated rings. The van der Waals surface area contributed by atoms with Crippen LogP contribution in [0.15, 0.2) is 48.5 Å². The molecular weight excluding hydrogens is 280 g/mol. The van der Waals surface area contributed by atoms with E-state index in [1.54, 1.807) is 31.4 Å². The number of hydrogen-bond donors (Lipinski definition) is 1. The van der Waals surface area contributed by atoms with Crippen LogP contribution in [-0.4, -0.2) is 24.3 Å². The molecule has 0 amide bonds. The lowest BCUT2D eigenvalue weighted by Gasteiger charge is -2.17. The minimum absolute atomic E-state index is 0.339. The van der Waals surface area contributed by atoms with E-state index in [1.807, 2.05) is 24.3 Å². The smallest absolute Gasteiger partial charge is 0.345 e. The average Bonchev–Trinajstić information content (AvgIpc) is 2.55. The normalized spacial score (nSPS) is 11.7. The van der Waals surface area contributed by atoms with Crippen molar-refractivity contribution in [1.29, 1.82) is 0 Å². The number of benzene rings is 2. The van der Waals surface area contributed by atoms with Crippen molar-refractivity contribution in [3.8, 4) is 11.5 Å². The van der Waals surface area contributed by atoms with E-state index in [0.717, 1.165) is 17.5 Å². The number of aliphatic carboxylic acids is 1. The van der Waals surface area contributed by atoms with E-state index in [4.69, 9.17) is 9.47 Å². The summed E-state index contributed by atoms with van der Waals surface area (Å²) in [5.74, 6) is 0.249. The third-order valence-corrected chi connectivity index (χ3v) is 3.52. The number of hydrogen-bond acceptors (Lipinski definition) is 3. The summed E-state index contributed by atoms with van der Waals surface area (Å²) in [4.78, 5) is 11.5. The Kier molecular flexibility index (Phi) is 5.42. The molecule has 0 aliphatic carbocycles. The van der Waals surface area contributed by atoms with Gasteiger partial charge in [-0.05, 0) is 41.8 Å². The van der Waals surface area contributed by atoms with Crippen LogP contribution in [0.4, 0.5) is 0 Å². The fourth-order valence-electron chi connectivity index (χ4n) is 2.30. The summed E-state index contributed by atoms with van der Waals surface area (Å²) >= 11 is 0. The van der Waals surface area contributed by atoms with E-state index in [0.29, 0.717) is 17.9 Å². The summed E-state index contributed by atoms with van der Waals surface area (Å²) in [5, 5.41) is 9.41. The molecule has 0 heterocycles. The second-order valence-electron chi connectivity index (χ2n) is 4.95. The van der Waals surface area contributed by atoms with Crippen LogP contribution in [0.2, 0.25) is 0 Å². The summed E-state index contributed by atoms with van der Waals surface area (Å²) in [6, 6.07) is 14.8. The van der Waals surface area contributed by atoms with Gasteiger partial charge in [-0.2, -0.15) is 0 Å². The summed E-state index contributed by atoms with van der Waals surface area (Å²) in [7, 11) is 1.58. The lowest BCUT2D eigenvalue weighted by molar-refractivity contribution is -0.145. The molecule has 0 saturated carbocycles. The predicted octanol–water partition coefficient (Wildman–Crippen LogP) is 3.33. The Hall–Kier alpha value is -2.49. The zero-order chi connectivity index (χ0) is 15.9. The SMILES string of the molecule is CCc1ccccc1C[C@@H](Oc1ccc(OC)cc1)C(=O)O. The van der Waals surface area contributed by atoms with Crippen LogP contribution < -0.4 is 9.47 Å². The monoisotopic (exact) mass is 300 g/mol. The molecule has 1 atom stereocenters. The maximum absolute atomic E-state index is 11.5. The minimum Gasteiger partial charge on any atom is -0.497 e. The van der Waals surface area contributed by atoms with Crippen molar-refractivity contribution >= 4 is 5.97 Å². The Bertz CT molecular complexity index is 619. The third kappa shape index (κ3) is 4.01. The van der Waals surface area contributed by atoms with Gasteiger partial charge in [0.1, 0.15) is 11.5 Å². The standard InChI is InChI=1S/C18H20O4/c1-3-13-6-4-5-7-14(13)12-17(18(19)20)22-16-10-8-15(21-2)9-11-16/h4-11,17H,3,12H2,1-2H3,(H,19,20)/t17-/m1/s1. The predicted molar refractivity (Wildman–Crippen MR) is 84.6 cm³/mol. The summed E-state index contributed by atoms with van der Waals surface area (Å²) in [6.07, 6.45) is 0.289. The molecule has 0 saturated heterocycles. The van der Waals surface area contributed by atoms with Gasteiger partial charge in [-0.1, -0.05) is 31.2 Å². The quantitative estimate of drug-likeness (QED) is 0.852. The van der Waals surface area contributed by atoms with Gasteiger partial charge in [0.15, 0.2) is 6.10 Å². The first-order valence-electron chi connectivity index (χ1n) is 7.24. The van der Waals surface area contributed by atoms with Gasteiger partial charge in [0.05, 0.1) is 7.11 Å². The van der Waals surface area contributed by atoms with Crippen LogP contribution in [-0.2, 0) is 17.6 Å². The van der Waals surface area contributed by atoms with E-state index in [-0.39, 0.29) is 0 Å². The minimum atomic E-state index is -0.971. The van der Waals surface area contributed by atoms with Gasteiger partial charge in [-0.15, -0.1) is 0 Å². The molecule has 22 heavy (non-hydrogen) atoms. The Morgan fingerprint density at radius 2 is 1.64 bits per heavy atom.